The Kier molecular flexibility index (Phi) is 35.6. The van der Waals surface area contributed by atoms with Crippen molar-refractivity contribution in [2.45, 2.75) is 300 Å². The summed E-state index contributed by atoms with van der Waals surface area (Å²) in [6, 6.07) is 0. The second kappa shape index (κ2) is 38.4. The minimum atomic E-state index is -6.55. The van der Waals surface area contributed by atoms with Crippen LogP contribution in [0.3, 0.4) is 0 Å². The summed E-state index contributed by atoms with van der Waals surface area (Å²) in [5.41, 5.74) is -1.89. The molecule has 24 nitrogen and oxygen atoms in total. The average molecular weight is 1640 g/mol. The number of ether oxygens (including phenoxy) is 4. The van der Waals surface area contributed by atoms with E-state index in [2.05, 4.69) is 18.9 Å². The molecule has 0 amide bonds. The number of alkyl halides is 16. The molecule has 0 aliphatic heterocycles. The van der Waals surface area contributed by atoms with Gasteiger partial charge in [-0.1, -0.05) is 89.9 Å². The minimum Gasteiger partial charge on any atom is -0.743 e. The minimum absolute atomic E-state index is 0.306. The number of aliphatic hydroxyl groups is 4. The summed E-state index contributed by atoms with van der Waals surface area (Å²) >= 11 is 0. The van der Waals surface area contributed by atoms with Gasteiger partial charge in [-0.2, -0.15) is 70.2 Å². The predicted molar refractivity (Wildman–Crippen MR) is 329 cm³/mol. The summed E-state index contributed by atoms with van der Waals surface area (Å²) in [5, 5.41) is 14.9. The largest absolute Gasteiger partial charge is 0.743 e. The van der Waals surface area contributed by atoms with Crippen molar-refractivity contribution in [1.29, 1.82) is 0 Å². The van der Waals surface area contributed by atoms with Crippen molar-refractivity contribution in [3.8, 4) is 0 Å². The maximum Gasteiger partial charge on any atom is 0.396 e. The lowest BCUT2D eigenvalue weighted by atomic mass is 9.86. The third-order valence-electron chi connectivity index (χ3n) is 19.0. The molecule has 0 spiro atoms. The van der Waals surface area contributed by atoms with Gasteiger partial charge in [-0.05, 0) is 117 Å². The van der Waals surface area contributed by atoms with E-state index in [1.54, 1.807) is 0 Å². The van der Waals surface area contributed by atoms with Gasteiger partial charge < -0.3 is 57.6 Å². The molecule has 4 N–H and O–H groups in total. The number of rotatable bonds is 25. The van der Waals surface area contributed by atoms with Crippen LogP contribution in [0.5, 0.6) is 0 Å². The van der Waals surface area contributed by atoms with E-state index in [1.807, 2.05) is 20.8 Å². The summed E-state index contributed by atoms with van der Waals surface area (Å²) in [5.74, 6) is -26.0. The number of hydrogen-bond acceptors (Lipinski definition) is 24. The highest BCUT2D eigenvalue weighted by molar-refractivity contribution is 7.87. The molecule has 8 aliphatic carbocycles. The van der Waals surface area contributed by atoms with Gasteiger partial charge in [0.25, 0.3) is 0 Å². The Balaban J connectivity index is 0.000000434. The zero-order valence-corrected chi connectivity index (χ0v) is 60.9. The molecule has 44 heteroatoms. The number of halogens is 16. The highest BCUT2D eigenvalue weighted by atomic mass is 32.2. The van der Waals surface area contributed by atoms with Gasteiger partial charge in [0, 0.05) is 5.92 Å². The maximum absolute atomic E-state index is 13.2. The lowest BCUT2D eigenvalue weighted by molar-refractivity contribution is -0.177. The van der Waals surface area contributed by atoms with Crippen LogP contribution in [0, 0.1) is 29.6 Å². The number of carbonyl (C=O) groups excluding carboxylic acids is 4. The van der Waals surface area contributed by atoms with Crippen molar-refractivity contribution in [3.63, 3.8) is 0 Å². The molecule has 620 valence electrons. The van der Waals surface area contributed by atoms with Crippen LogP contribution in [0.15, 0.2) is 0 Å². The van der Waals surface area contributed by atoms with E-state index in [4.69, 9.17) is 0 Å². The zero-order valence-electron chi connectivity index (χ0n) is 57.7. The van der Waals surface area contributed by atoms with E-state index in [0.29, 0.717) is 57.8 Å². The van der Waals surface area contributed by atoms with Crippen molar-refractivity contribution in [2.24, 2.45) is 29.6 Å². The molecular weight excluding hydrogens is 1550 g/mol. The van der Waals surface area contributed by atoms with Crippen molar-refractivity contribution in [1.82, 2.24) is 0 Å². The highest BCUT2D eigenvalue weighted by Crippen LogP contribution is 2.54. The second-order valence-electron chi connectivity index (χ2n) is 28.2. The Labute approximate surface area is 598 Å². The van der Waals surface area contributed by atoms with Gasteiger partial charge in [0.2, 0.25) is 0 Å². The molecule has 105 heavy (non-hydrogen) atoms. The first-order valence-corrected chi connectivity index (χ1v) is 39.4. The maximum atomic E-state index is 13.2. The van der Waals surface area contributed by atoms with Gasteiger partial charge in [0.05, 0.1) is 98.2 Å². The summed E-state index contributed by atoms with van der Waals surface area (Å²) in [7, 11) is -26.0. The fourth-order valence-electron chi connectivity index (χ4n) is 11.9. The third-order valence-corrected chi connectivity index (χ3v) is 22.7. The smallest absolute Gasteiger partial charge is 0.396 e. The number of hydrogen-bond donors (Lipinski definition) is 4. The summed E-state index contributed by atoms with van der Waals surface area (Å²) in [6.07, 6.45) is 17.5. The van der Waals surface area contributed by atoms with Crippen molar-refractivity contribution in [2.75, 3.05) is 26.4 Å². The summed E-state index contributed by atoms with van der Waals surface area (Å²) < 4.78 is 346. The first-order chi connectivity index (χ1) is 47.4. The Hall–Kier alpha value is -3.76. The molecule has 0 bridgehead atoms. The Bertz CT molecular complexity index is 3180. The highest BCUT2D eigenvalue weighted by Gasteiger charge is 2.65. The van der Waals surface area contributed by atoms with E-state index in [0.717, 1.165) is 89.9 Å². The second-order valence-corrected chi connectivity index (χ2v) is 33.9. The molecule has 8 saturated carbocycles. The van der Waals surface area contributed by atoms with Crippen molar-refractivity contribution >= 4 is 64.3 Å². The molecule has 2 atom stereocenters. The van der Waals surface area contributed by atoms with Gasteiger partial charge in [0.1, 0.15) is 0 Å². The van der Waals surface area contributed by atoms with E-state index in [1.165, 1.54) is 38.5 Å². The molecule has 8 rings (SSSR count). The van der Waals surface area contributed by atoms with Crippen LogP contribution >= 0.6 is 0 Å². The molecule has 0 aromatic heterocycles. The normalized spacial score (nSPS) is 22.3. The molecule has 2 unspecified atom stereocenters. The lowest BCUT2D eigenvalue weighted by Gasteiger charge is -2.28. The van der Waals surface area contributed by atoms with Crippen molar-refractivity contribution < 1.29 is 181 Å². The van der Waals surface area contributed by atoms with E-state index in [-0.39, 0.29) is 22.7 Å². The summed E-state index contributed by atoms with van der Waals surface area (Å²) in [4.78, 5) is 45.7. The zero-order chi connectivity index (χ0) is 81.2. The molecule has 0 radical (unpaired) electrons. The molecule has 8 fully saturated rings. The molecule has 0 heterocycles. The van der Waals surface area contributed by atoms with E-state index in [9.17, 15) is 162 Å². The molecule has 0 aromatic carbocycles. The molecular formula is C61H92F16O24S4-4. The first kappa shape index (κ1) is 97.3. The fourth-order valence-corrected chi connectivity index (χ4v) is 13.7. The standard InChI is InChI=1S/C13H18F4O6S.C11H16F4O5S.C10H14F4O5S.C9H12F4O5S.3C6H12O/c14-12(15,13(16,17)24(20,21)22)5-6-23-10(18)8-7-9(8)11(19)3-1-2-4-11;12-10(13,11(14,15)21(17,18)19)6-7-20-9(16)8-4-2-1-3-5-8;11-9(12,10(13,14)20(16,17)18)5-6-19-8(15)7-3-1-2-4-7;10-8(11,9(12,13)19(15,16)17)4-5-18-7(14)6-2-1-3-6;3*1-6(7)4-2-3-5-6/h8-9,19H,1-7H2,(H,20,21,22);8H,1-7H2,(H,17,18,19);7H,1-6H2,(H,16,17,18);6H,1-5H2,(H,15,16,17);3*7H,2-5H2,1H3/p-4. The fraction of sp³-hybridized carbons (Fsp3) is 0.934. The van der Waals surface area contributed by atoms with Crippen LogP contribution in [-0.4, -0.2) is 190 Å². The van der Waals surface area contributed by atoms with Crippen LogP contribution in [0.2, 0.25) is 0 Å². The van der Waals surface area contributed by atoms with Gasteiger partial charge >= 0.3 is 68.6 Å². The lowest BCUT2D eigenvalue weighted by Crippen LogP contribution is -2.47. The number of esters is 4. The SMILES string of the molecule is CC1(O)CCCC1.CC1(O)CCCC1.CC1(O)CCCC1.O=C(OCCC(F)(F)C(F)(F)S(=O)(=O)[O-])C1CC1C1(O)CCCC1.O=C(OCCC(F)(F)C(F)(F)S(=O)(=O)[O-])C1CCC1.O=C(OCCC(F)(F)C(F)(F)S(=O)(=O)[O-])C1CCCC1.O=C(OCCC(F)(F)C(F)(F)S(=O)(=O)[O-])C1CCCCC1. The number of carbonyl (C=O) groups is 4. The first-order valence-electron chi connectivity index (χ1n) is 33.8. The van der Waals surface area contributed by atoms with E-state index < -0.39 is 190 Å². The molecule has 8 aliphatic rings. The third kappa shape index (κ3) is 29.5. The van der Waals surface area contributed by atoms with Gasteiger partial charge in [-0.25, -0.2) is 33.7 Å². The Morgan fingerprint density at radius 3 is 0.724 bits per heavy atom. The van der Waals surface area contributed by atoms with Crippen LogP contribution in [0.1, 0.15) is 233 Å². The quantitative estimate of drug-likeness (QED) is 0.0285. The van der Waals surface area contributed by atoms with Crippen LogP contribution in [-0.2, 0) is 78.6 Å². The van der Waals surface area contributed by atoms with E-state index >= 15 is 0 Å². The Morgan fingerprint density at radius 1 is 0.333 bits per heavy atom. The predicted octanol–water partition coefficient (Wildman–Crippen LogP) is 11.2. The molecule has 0 saturated heterocycles. The monoisotopic (exact) mass is 1640 g/mol. The summed E-state index contributed by atoms with van der Waals surface area (Å²) in [6.45, 7) is 1.37. The van der Waals surface area contributed by atoms with Crippen molar-refractivity contribution in [3.05, 3.63) is 0 Å². The van der Waals surface area contributed by atoms with Crippen LogP contribution in [0.25, 0.3) is 0 Å². The topological polar surface area (TPSA) is 415 Å². The van der Waals surface area contributed by atoms with Gasteiger partial charge in [-0.3, -0.25) is 19.2 Å². The van der Waals surface area contributed by atoms with Crippen LogP contribution < -0.4 is 0 Å². The van der Waals surface area contributed by atoms with Gasteiger partial charge in [-0.15, -0.1) is 0 Å². The molecule has 0 aromatic rings. The average Bonchev–Trinajstić information content (AvgIpc) is 1.66. The van der Waals surface area contributed by atoms with Gasteiger partial charge in [0.15, 0.2) is 40.5 Å². The Morgan fingerprint density at radius 2 is 0.533 bits per heavy atom. The van der Waals surface area contributed by atoms with Crippen LogP contribution in [0.4, 0.5) is 70.2 Å².